The minimum absolute atomic E-state index is 0.242. The number of ether oxygens (including phenoxy) is 7. The molecule has 232 valence electrons. The minimum atomic E-state index is -1.29. The van der Waals surface area contributed by atoms with Crippen LogP contribution in [0, 0.1) is 0 Å². The summed E-state index contributed by atoms with van der Waals surface area (Å²) in [6.45, 7) is 3.49. The van der Waals surface area contributed by atoms with Gasteiger partial charge in [-0.2, -0.15) is 0 Å². The highest BCUT2D eigenvalue weighted by atomic mass is 32.2. The summed E-state index contributed by atoms with van der Waals surface area (Å²) in [7, 11) is 0. The highest BCUT2D eigenvalue weighted by molar-refractivity contribution is 7.99. The van der Waals surface area contributed by atoms with Gasteiger partial charge in [-0.3, -0.25) is 9.59 Å². The zero-order chi connectivity index (χ0) is 30.9. The van der Waals surface area contributed by atoms with Crippen LogP contribution in [0.25, 0.3) is 0 Å². The fourth-order valence-corrected chi connectivity index (χ4v) is 5.69. The molecule has 0 unspecified atom stereocenters. The Morgan fingerprint density at radius 2 is 1.23 bits per heavy atom. The summed E-state index contributed by atoms with van der Waals surface area (Å²) < 4.78 is 40.3. The standard InChI is InChI=1S/C30H34O12S/c1-4-43-30-26(42-28(35)20-13-9-6-10-14-20)24(38-18(3)33)22(40-30)16-36-29-25(23(37-17(2)32)21(15-31)39-29)41-27(34)19-11-7-5-8-12-19/h5-14,21-26,29-31H,4,15-16H2,1-3H3/t21-,22-,23-,24-,25+,26+,29+,30-/m1/s1. The molecule has 0 spiro atoms. The monoisotopic (exact) mass is 618 g/mol. The van der Waals surface area contributed by atoms with E-state index in [1.807, 2.05) is 6.92 Å². The van der Waals surface area contributed by atoms with Crippen LogP contribution in [0.5, 0.6) is 0 Å². The van der Waals surface area contributed by atoms with E-state index in [4.69, 9.17) is 33.2 Å². The Kier molecular flexibility index (Phi) is 11.5. The number of rotatable bonds is 12. The number of hydrogen-bond acceptors (Lipinski definition) is 13. The lowest BCUT2D eigenvalue weighted by atomic mass is 10.1. The fraction of sp³-hybridized carbons (Fsp3) is 0.467. The van der Waals surface area contributed by atoms with Gasteiger partial charge in [-0.15, -0.1) is 11.8 Å². The van der Waals surface area contributed by atoms with Gasteiger partial charge in [-0.1, -0.05) is 43.3 Å². The van der Waals surface area contributed by atoms with E-state index in [1.165, 1.54) is 25.6 Å². The molecule has 2 fully saturated rings. The first-order valence-electron chi connectivity index (χ1n) is 13.7. The van der Waals surface area contributed by atoms with Crippen molar-refractivity contribution >= 4 is 35.6 Å². The number of aliphatic hydroxyl groups is 1. The summed E-state index contributed by atoms with van der Waals surface area (Å²) in [6.07, 6.45) is -7.70. The molecule has 43 heavy (non-hydrogen) atoms. The molecule has 4 rings (SSSR count). The van der Waals surface area contributed by atoms with Gasteiger partial charge in [-0.25, -0.2) is 9.59 Å². The van der Waals surface area contributed by atoms with Crippen LogP contribution in [0.1, 0.15) is 41.5 Å². The Morgan fingerprint density at radius 1 is 0.721 bits per heavy atom. The highest BCUT2D eigenvalue weighted by Gasteiger charge is 2.53. The third-order valence-electron chi connectivity index (χ3n) is 6.58. The molecule has 2 aliphatic rings. The molecule has 1 N–H and O–H groups in total. The molecule has 2 aromatic carbocycles. The Hall–Kier alpha value is -3.49. The first-order chi connectivity index (χ1) is 20.7. The Bertz CT molecular complexity index is 1240. The average Bonchev–Trinajstić information content (AvgIpc) is 3.48. The summed E-state index contributed by atoms with van der Waals surface area (Å²) in [5.74, 6) is -2.03. The summed E-state index contributed by atoms with van der Waals surface area (Å²) >= 11 is 1.36. The number of thioether (sulfide) groups is 1. The van der Waals surface area contributed by atoms with Crippen molar-refractivity contribution in [2.24, 2.45) is 0 Å². The molecule has 2 heterocycles. The van der Waals surface area contributed by atoms with E-state index in [1.54, 1.807) is 60.7 Å². The van der Waals surface area contributed by atoms with Crippen molar-refractivity contribution in [1.82, 2.24) is 0 Å². The maximum absolute atomic E-state index is 12.9. The number of benzene rings is 2. The van der Waals surface area contributed by atoms with Crippen LogP contribution in [-0.2, 0) is 42.7 Å². The lowest BCUT2D eigenvalue weighted by Crippen LogP contribution is -2.44. The molecule has 13 heteroatoms. The SMILES string of the molecule is CCS[C@H]1O[C@H](CO[C@H]2O[C@H](CO)[C@@H](OC(C)=O)[C@@H]2OC(=O)c2ccccc2)[C@@H](OC(C)=O)[C@@H]1OC(=O)c1ccccc1. The smallest absolute Gasteiger partial charge is 0.338 e. The zero-order valence-corrected chi connectivity index (χ0v) is 24.7. The molecule has 2 saturated heterocycles. The van der Waals surface area contributed by atoms with Gasteiger partial charge in [0, 0.05) is 13.8 Å². The van der Waals surface area contributed by atoms with Crippen LogP contribution in [0.4, 0.5) is 0 Å². The van der Waals surface area contributed by atoms with Gasteiger partial charge in [0.15, 0.2) is 30.7 Å². The summed E-state index contributed by atoms with van der Waals surface area (Å²) in [5.41, 5.74) is -0.129. The molecule has 0 saturated carbocycles. The van der Waals surface area contributed by atoms with Gasteiger partial charge in [-0.05, 0) is 30.0 Å². The van der Waals surface area contributed by atoms with E-state index in [2.05, 4.69) is 0 Å². The Balaban J connectivity index is 1.53. The number of hydrogen-bond donors (Lipinski definition) is 1. The molecule has 0 bridgehead atoms. The van der Waals surface area contributed by atoms with Gasteiger partial charge >= 0.3 is 23.9 Å². The maximum Gasteiger partial charge on any atom is 0.338 e. The predicted molar refractivity (Wildman–Crippen MR) is 151 cm³/mol. The summed E-state index contributed by atoms with van der Waals surface area (Å²) in [4.78, 5) is 49.8. The van der Waals surface area contributed by atoms with Gasteiger partial charge < -0.3 is 38.3 Å². The molecular formula is C30H34O12S. The van der Waals surface area contributed by atoms with E-state index in [9.17, 15) is 24.3 Å². The van der Waals surface area contributed by atoms with Gasteiger partial charge in [0.25, 0.3) is 0 Å². The zero-order valence-electron chi connectivity index (χ0n) is 23.9. The Morgan fingerprint density at radius 3 is 1.72 bits per heavy atom. The first kappa shape index (κ1) is 32.4. The fourth-order valence-electron chi connectivity index (χ4n) is 4.74. The molecule has 12 nitrogen and oxygen atoms in total. The normalized spacial score (nSPS) is 28.2. The number of carbonyl (C=O) groups is 4. The van der Waals surface area contributed by atoms with Crippen LogP contribution < -0.4 is 0 Å². The van der Waals surface area contributed by atoms with Crippen LogP contribution in [0.2, 0.25) is 0 Å². The molecule has 2 aliphatic heterocycles. The molecule has 8 atom stereocenters. The highest BCUT2D eigenvalue weighted by Crippen LogP contribution is 2.36. The number of esters is 4. The van der Waals surface area contributed by atoms with Crippen LogP contribution in [-0.4, -0.2) is 96.3 Å². The van der Waals surface area contributed by atoms with Crippen LogP contribution in [0.15, 0.2) is 60.7 Å². The third kappa shape index (κ3) is 8.33. The van der Waals surface area contributed by atoms with Crippen molar-refractivity contribution in [3.8, 4) is 0 Å². The third-order valence-corrected chi connectivity index (χ3v) is 7.62. The minimum Gasteiger partial charge on any atom is -0.456 e. The average molecular weight is 619 g/mol. The topological polar surface area (TPSA) is 153 Å². The first-order valence-corrected chi connectivity index (χ1v) is 14.8. The largest absolute Gasteiger partial charge is 0.456 e. The molecular weight excluding hydrogens is 584 g/mol. The number of carbonyl (C=O) groups excluding carboxylic acids is 4. The predicted octanol–water partition coefficient (Wildman–Crippen LogP) is 2.51. The van der Waals surface area contributed by atoms with E-state index in [0.717, 1.165) is 0 Å². The van der Waals surface area contributed by atoms with Crippen molar-refractivity contribution in [1.29, 1.82) is 0 Å². The van der Waals surface area contributed by atoms with Crippen LogP contribution >= 0.6 is 11.8 Å². The Labute approximate surface area is 252 Å². The molecule has 0 amide bonds. The van der Waals surface area contributed by atoms with E-state index < -0.39 is 78.8 Å². The molecule has 0 aromatic heterocycles. The summed E-state index contributed by atoms with van der Waals surface area (Å²) in [6, 6.07) is 16.5. The quantitative estimate of drug-likeness (QED) is 0.274. The second-order valence-electron chi connectivity index (χ2n) is 9.68. The van der Waals surface area contributed by atoms with Gasteiger partial charge in [0.05, 0.1) is 24.3 Å². The van der Waals surface area contributed by atoms with Crippen molar-refractivity contribution in [2.45, 2.75) is 69.1 Å². The molecule has 0 aliphatic carbocycles. The number of aliphatic hydroxyl groups excluding tert-OH is 1. The maximum atomic E-state index is 12.9. The van der Waals surface area contributed by atoms with Crippen molar-refractivity contribution in [3.63, 3.8) is 0 Å². The lowest BCUT2D eigenvalue weighted by Gasteiger charge is -2.26. The summed E-state index contributed by atoms with van der Waals surface area (Å²) in [5, 5.41) is 9.92. The van der Waals surface area contributed by atoms with E-state index >= 15 is 0 Å². The second kappa shape index (κ2) is 15.3. The van der Waals surface area contributed by atoms with Crippen LogP contribution in [0.3, 0.4) is 0 Å². The van der Waals surface area contributed by atoms with Crippen molar-refractivity contribution in [2.75, 3.05) is 19.0 Å². The second-order valence-corrected chi connectivity index (χ2v) is 11.1. The van der Waals surface area contributed by atoms with Gasteiger partial charge in [0.2, 0.25) is 0 Å². The van der Waals surface area contributed by atoms with E-state index in [-0.39, 0.29) is 12.2 Å². The van der Waals surface area contributed by atoms with Crippen molar-refractivity contribution in [3.05, 3.63) is 71.8 Å². The molecule has 0 radical (unpaired) electrons. The van der Waals surface area contributed by atoms with E-state index in [0.29, 0.717) is 11.3 Å². The molecule has 2 aromatic rings. The lowest BCUT2D eigenvalue weighted by molar-refractivity contribution is -0.191. The van der Waals surface area contributed by atoms with Crippen molar-refractivity contribution < 1.29 is 57.4 Å². The van der Waals surface area contributed by atoms with Gasteiger partial charge in [0.1, 0.15) is 17.6 Å².